The number of hydrogen-bond acceptors (Lipinski definition) is 3. The first kappa shape index (κ1) is 9.93. The molecule has 1 aromatic carbocycles. The average Bonchev–Trinajstić information content (AvgIpc) is 2.63. The molecule has 0 bridgehead atoms. The molecule has 0 unspecified atom stereocenters. The van der Waals surface area contributed by atoms with Crippen molar-refractivity contribution in [2.45, 2.75) is 13.5 Å². The Bertz CT molecular complexity index is 434. The van der Waals surface area contributed by atoms with Gasteiger partial charge in [0, 0.05) is 12.1 Å². The lowest BCUT2D eigenvalue weighted by atomic mass is 10.2. The first-order valence-corrected chi connectivity index (χ1v) is 4.97. The molecule has 1 aromatic heterocycles. The van der Waals surface area contributed by atoms with E-state index >= 15 is 0 Å². The molecule has 2 aromatic rings. The first-order chi connectivity index (χ1) is 7.31. The lowest BCUT2D eigenvalue weighted by Gasteiger charge is -1.92. The van der Waals surface area contributed by atoms with E-state index in [0.717, 1.165) is 23.6 Å². The number of benzene rings is 1. The van der Waals surface area contributed by atoms with Crippen LogP contribution in [0.1, 0.15) is 11.5 Å². The van der Waals surface area contributed by atoms with Gasteiger partial charge in [-0.3, -0.25) is 0 Å². The highest BCUT2D eigenvalue weighted by molar-refractivity contribution is 5.53. The van der Waals surface area contributed by atoms with Gasteiger partial charge in [-0.05, 0) is 26.1 Å². The molecule has 1 heterocycles. The van der Waals surface area contributed by atoms with E-state index in [1.165, 1.54) is 0 Å². The molecule has 2 rings (SSSR count). The second-order valence-corrected chi connectivity index (χ2v) is 3.42. The van der Waals surface area contributed by atoms with Crippen LogP contribution in [0.15, 0.2) is 34.7 Å². The van der Waals surface area contributed by atoms with Gasteiger partial charge in [-0.2, -0.15) is 0 Å². The van der Waals surface area contributed by atoms with Crippen LogP contribution in [-0.4, -0.2) is 12.0 Å². The maximum Gasteiger partial charge on any atom is 0.226 e. The number of oxazole rings is 1. The van der Waals surface area contributed by atoms with Crippen LogP contribution in [0.2, 0.25) is 0 Å². The Kier molecular flexibility index (Phi) is 2.83. The molecule has 15 heavy (non-hydrogen) atoms. The smallest absolute Gasteiger partial charge is 0.226 e. The minimum Gasteiger partial charge on any atom is -0.441 e. The molecule has 0 aliphatic rings. The standard InChI is InChI=1S/C12H14N2O/c1-9-11(8-13-2)14-12(15-9)10-6-4-3-5-7-10/h3-7,13H,8H2,1-2H3. The molecule has 0 spiro atoms. The molecule has 0 aliphatic heterocycles. The Morgan fingerprint density at radius 2 is 2.00 bits per heavy atom. The normalized spacial score (nSPS) is 10.5. The molecule has 0 saturated carbocycles. The van der Waals surface area contributed by atoms with Gasteiger partial charge in [0.05, 0.1) is 5.69 Å². The largest absolute Gasteiger partial charge is 0.441 e. The van der Waals surface area contributed by atoms with Gasteiger partial charge >= 0.3 is 0 Å². The van der Waals surface area contributed by atoms with E-state index in [4.69, 9.17) is 4.42 Å². The molecule has 0 radical (unpaired) electrons. The summed E-state index contributed by atoms with van der Waals surface area (Å²) < 4.78 is 5.60. The summed E-state index contributed by atoms with van der Waals surface area (Å²) in [5.41, 5.74) is 1.99. The van der Waals surface area contributed by atoms with Crippen molar-refractivity contribution >= 4 is 0 Å². The minimum absolute atomic E-state index is 0.693. The predicted octanol–water partition coefficient (Wildman–Crippen LogP) is 2.37. The molecule has 1 N–H and O–H groups in total. The number of nitrogens with zero attached hydrogens (tertiary/aromatic N) is 1. The van der Waals surface area contributed by atoms with Crippen LogP contribution in [0.5, 0.6) is 0 Å². The zero-order valence-corrected chi connectivity index (χ0v) is 8.95. The molecule has 3 nitrogen and oxygen atoms in total. The Morgan fingerprint density at radius 3 is 2.67 bits per heavy atom. The molecular weight excluding hydrogens is 188 g/mol. The monoisotopic (exact) mass is 202 g/mol. The Morgan fingerprint density at radius 1 is 1.27 bits per heavy atom. The van der Waals surface area contributed by atoms with Gasteiger partial charge in [-0.25, -0.2) is 4.98 Å². The third-order valence-corrected chi connectivity index (χ3v) is 2.26. The van der Waals surface area contributed by atoms with Crippen molar-refractivity contribution in [3.05, 3.63) is 41.8 Å². The second-order valence-electron chi connectivity index (χ2n) is 3.42. The maximum atomic E-state index is 5.60. The number of rotatable bonds is 3. The molecule has 0 fully saturated rings. The van der Waals surface area contributed by atoms with Gasteiger partial charge < -0.3 is 9.73 Å². The summed E-state index contributed by atoms with van der Waals surface area (Å²) in [5.74, 6) is 1.57. The molecule has 0 amide bonds. The van der Waals surface area contributed by atoms with Crippen molar-refractivity contribution in [2.24, 2.45) is 0 Å². The third-order valence-electron chi connectivity index (χ3n) is 2.26. The summed E-state index contributed by atoms with van der Waals surface area (Å²) in [6, 6.07) is 9.93. The molecular formula is C12H14N2O. The Labute approximate surface area is 89.1 Å². The van der Waals surface area contributed by atoms with Gasteiger partial charge in [0.15, 0.2) is 0 Å². The Balaban J connectivity index is 2.34. The topological polar surface area (TPSA) is 38.1 Å². The van der Waals surface area contributed by atoms with E-state index in [0.29, 0.717) is 5.89 Å². The average molecular weight is 202 g/mol. The van der Waals surface area contributed by atoms with Crippen LogP contribution < -0.4 is 5.32 Å². The van der Waals surface area contributed by atoms with E-state index < -0.39 is 0 Å². The van der Waals surface area contributed by atoms with Crippen molar-refractivity contribution < 1.29 is 4.42 Å². The summed E-state index contributed by atoms with van der Waals surface area (Å²) in [7, 11) is 1.90. The zero-order valence-electron chi connectivity index (χ0n) is 8.95. The van der Waals surface area contributed by atoms with E-state index in [-0.39, 0.29) is 0 Å². The quantitative estimate of drug-likeness (QED) is 0.830. The summed E-state index contributed by atoms with van der Waals surface area (Å²) in [5, 5.41) is 3.07. The summed E-state index contributed by atoms with van der Waals surface area (Å²) in [6.45, 7) is 2.67. The fraction of sp³-hybridized carbons (Fsp3) is 0.250. The van der Waals surface area contributed by atoms with Gasteiger partial charge in [-0.15, -0.1) is 0 Å². The highest BCUT2D eigenvalue weighted by Crippen LogP contribution is 2.20. The van der Waals surface area contributed by atoms with Crippen LogP contribution in [0, 0.1) is 6.92 Å². The van der Waals surface area contributed by atoms with Crippen molar-refractivity contribution in [3.63, 3.8) is 0 Å². The van der Waals surface area contributed by atoms with E-state index in [1.54, 1.807) is 0 Å². The van der Waals surface area contributed by atoms with Gasteiger partial charge in [0.1, 0.15) is 5.76 Å². The van der Waals surface area contributed by atoms with Crippen LogP contribution >= 0.6 is 0 Å². The van der Waals surface area contributed by atoms with Gasteiger partial charge in [0.2, 0.25) is 5.89 Å². The Hall–Kier alpha value is -1.61. The first-order valence-electron chi connectivity index (χ1n) is 4.97. The summed E-state index contributed by atoms with van der Waals surface area (Å²) in [4.78, 5) is 4.44. The molecule has 0 atom stereocenters. The molecule has 3 heteroatoms. The highest BCUT2D eigenvalue weighted by Gasteiger charge is 2.09. The maximum absolute atomic E-state index is 5.60. The number of nitrogens with one attached hydrogen (secondary N) is 1. The fourth-order valence-corrected chi connectivity index (χ4v) is 1.46. The van der Waals surface area contributed by atoms with Crippen LogP contribution in [0.25, 0.3) is 11.5 Å². The SMILES string of the molecule is CNCc1nc(-c2ccccc2)oc1C. The van der Waals surface area contributed by atoms with E-state index in [9.17, 15) is 0 Å². The van der Waals surface area contributed by atoms with Crippen LogP contribution in [0.3, 0.4) is 0 Å². The predicted molar refractivity (Wildman–Crippen MR) is 59.4 cm³/mol. The van der Waals surface area contributed by atoms with E-state index in [2.05, 4.69) is 10.3 Å². The summed E-state index contributed by atoms with van der Waals surface area (Å²) in [6.07, 6.45) is 0. The molecule has 78 valence electrons. The van der Waals surface area contributed by atoms with Crippen molar-refractivity contribution in [1.82, 2.24) is 10.3 Å². The molecule has 0 saturated heterocycles. The summed E-state index contributed by atoms with van der Waals surface area (Å²) >= 11 is 0. The van der Waals surface area contributed by atoms with Crippen LogP contribution in [0.4, 0.5) is 0 Å². The number of aryl methyl sites for hydroxylation is 1. The third kappa shape index (κ3) is 2.07. The lowest BCUT2D eigenvalue weighted by Crippen LogP contribution is -2.06. The fourth-order valence-electron chi connectivity index (χ4n) is 1.46. The van der Waals surface area contributed by atoms with Gasteiger partial charge in [0.25, 0.3) is 0 Å². The number of aromatic nitrogens is 1. The second kappa shape index (κ2) is 4.28. The molecule has 0 aliphatic carbocycles. The van der Waals surface area contributed by atoms with Crippen molar-refractivity contribution in [1.29, 1.82) is 0 Å². The number of hydrogen-bond donors (Lipinski definition) is 1. The highest BCUT2D eigenvalue weighted by atomic mass is 16.4. The van der Waals surface area contributed by atoms with Crippen molar-refractivity contribution in [2.75, 3.05) is 7.05 Å². The zero-order chi connectivity index (χ0) is 10.7. The van der Waals surface area contributed by atoms with Gasteiger partial charge in [-0.1, -0.05) is 18.2 Å². The van der Waals surface area contributed by atoms with E-state index in [1.807, 2.05) is 44.3 Å². The van der Waals surface area contributed by atoms with Crippen LogP contribution in [-0.2, 0) is 6.54 Å². The van der Waals surface area contributed by atoms with Crippen molar-refractivity contribution in [3.8, 4) is 11.5 Å². The lowest BCUT2D eigenvalue weighted by molar-refractivity contribution is 0.538. The minimum atomic E-state index is 0.693.